The second kappa shape index (κ2) is 12.8. The molecule has 1 fully saturated rings. The number of nitriles is 1. The fourth-order valence-corrected chi connectivity index (χ4v) is 11.8. The molecule has 0 saturated carbocycles. The first-order valence-corrected chi connectivity index (χ1v) is 16.1. The van der Waals surface area contributed by atoms with Gasteiger partial charge in [0.2, 0.25) is 8.32 Å². The summed E-state index contributed by atoms with van der Waals surface area (Å²) in [4.78, 5) is 27.9. The van der Waals surface area contributed by atoms with E-state index in [1.807, 2.05) is 4.90 Å². The third kappa shape index (κ3) is 7.59. The number of likely N-dealkylation sites (N-methyl/N-ethyl adjacent to an activating group) is 1. The van der Waals surface area contributed by atoms with E-state index in [0.29, 0.717) is 47.4 Å². The number of nitrogens with zero attached hydrogens (tertiary/aromatic N) is 3. The number of rotatable bonds is 8. The Kier molecular flexibility index (Phi) is 10.7. The lowest BCUT2D eigenvalue weighted by molar-refractivity contribution is 0.0536. The largest absolute Gasteiger partial charge is 0.465 e. The number of amides is 2. The van der Waals surface area contributed by atoms with Gasteiger partial charge in [0.1, 0.15) is 5.60 Å². The lowest BCUT2D eigenvalue weighted by Crippen LogP contribution is -2.61. The van der Waals surface area contributed by atoms with Crippen LogP contribution in [0.2, 0.25) is 21.6 Å². The number of ether oxygens (including phenoxy) is 1. The van der Waals surface area contributed by atoms with Crippen molar-refractivity contribution in [3.05, 3.63) is 22.7 Å². The van der Waals surface area contributed by atoms with Crippen molar-refractivity contribution in [2.45, 2.75) is 103 Å². The molecule has 0 aromatic heterocycles. The predicted molar refractivity (Wildman–Crippen MR) is 158 cm³/mol. The van der Waals surface area contributed by atoms with Crippen molar-refractivity contribution in [3.63, 3.8) is 0 Å². The molecule has 0 aliphatic carbocycles. The second-order valence-electron chi connectivity index (χ2n) is 12.3. The Morgan fingerprint density at radius 2 is 1.74 bits per heavy atom. The van der Waals surface area contributed by atoms with E-state index in [2.05, 4.69) is 52.9 Å². The lowest BCUT2D eigenvalue weighted by Gasteiger charge is -2.50. The first-order valence-electron chi connectivity index (χ1n) is 13.6. The minimum atomic E-state index is -2.36. The molecule has 1 aliphatic heterocycles. The average Bonchev–Trinajstić information content (AvgIpc) is 2.81. The smallest absolute Gasteiger partial charge is 0.412 e. The van der Waals surface area contributed by atoms with Crippen LogP contribution in [0, 0.1) is 11.3 Å². The maximum absolute atomic E-state index is 12.5. The maximum Gasteiger partial charge on any atom is 0.412 e. The minimum absolute atomic E-state index is 0.275. The van der Waals surface area contributed by atoms with Crippen LogP contribution in [0.5, 0.6) is 0 Å². The molecule has 1 aromatic rings. The summed E-state index contributed by atoms with van der Waals surface area (Å²) in [6.07, 6.45) is -1.55. The van der Waals surface area contributed by atoms with Crippen LogP contribution >= 0.6 is 11.6 Å². The predicted octanol–water partition coefficient (Wildman–Crippen LogP) is 7.31. The van der Waals surface area contributed by atoms with Gasteiger partial charge in [-0.3, -0.25) is 5.32 Å². The number of nitrogens with one attached hydrogen (secondary N) is 1. The normalized spacial score (nSPS) is 18.3. The monoisotopic (exact) mass is 580 g/mol. The molecule has 0 spiro atoms. The van der Waals surface area contributed by atoms with Gasteiger partial charge in [0, 0.05) is 20.1 Å². The molecule has 1 saturated heterocycles. The molecule has 11 heteroatoms. The van der Waals surface area contributed by atoms with Gasteiger partial charge in [-0.25, -0.2) is 9.59 Å². The third-order valence-electron chi connectivity index (χ3n) is 7.54. The summed E-state index contributed by atoms with van der Waals surface area (Å²) in [5, 5.41) is 22.5. The van der Waals surface area contributed by atoms with Crippen LogP contribution in [0.3, 0.4) is 0 Å². The van der Waals surface area contributed by atoms with E-state index in [1.165, 1.54) is 11.0 Å². The van der Waals surface area contributed by atoms with Crippen LogP contribution in [0.4, 0.5) is 21.0 Å². The van der Waals surface area contributed by atoms with Gasteiger partial charge in [-0.1, -0.05) is 53.1 Å². The molecule has 9 nitrogen and oxygen atoms in total. The lowest BCUT2D eigenvalue weighted by atomic mass is 9.99. The van der Waals surface area contributed by atoms with Crippen LogP contribution in [0.25, 0.3) is 0 Å². The molecule has 2 amide bonds. The Balaban J connectivity index is 2.53. The van der Waals surface area contributed by atoms with Crippen LogP contribution in [-0.4, -0.2) is 68.4 Å². The van der Waals surface area contributed by atoms with Gasteiger partial charge in [0.25, 0.3) is 0 Å². The molecular weight excluding hydrogens is 536 g/mol. The summed E-state index contributed by atoms with van der Waals surface area (Å²) in [5.41, 5.74) is 1.44. The molecule has 1 aromatic carbocycles. The highest BCUT2D eigenvalue weighted by molar-refractivity contribution is 6.77. The zero-order valence-electron chi connectivity index (χ0n) is 25.0. The summed E-state index contributed by atoms with van der Waals surface area (Å²) in [6, 6.07) is 5.02. The Morgan fingerprint density at radius 3 is 2.21 bits per heavy atom. The van der Waals surface area contributed by atoms with Crippen molar-refractivity contribution in [1.29, 1.82) is 5.26 Å². The molecule has 2 rings (SSSR count). The third-order valence-corrected chi connectivity index (χ3v) is 14.1. The van der Waals surface area contributed by atoms with Gasteiger partial charge < -0.3 is 24.1 Å². The summed E-state index contributed by atoms with van der Waals surface area (Å²) in [6.45, 7) is 19.4. The first kappa shape index (κ1) is 32.7. The SMILES string of the molecule is CC(C)[Si](O[C@@H]1CN(c2cc(C#N)cc(NC(=O)OC(C)(C)C)c2Cl)CC[C@H]1N(C)C(=O)O)(C(C)C)C(C)C. The van der Waals surface area contributed by atoms with Gasteiger partial charge in [0.15, 0.2) is 0 Å². The average molecular weight is 581 g/mol. The number of carboxylic acid groups (broad SMARTS) is 1. The van der Waals surface area contributed by atoms with E-state index in [-0.39, 0.29) is 16.8 Å². The molecule has 1 aliphatic rings. The Hall–Kier alpha value is -2.48. The Bertz CT molecular complexity index is 1060. The molecule has 218 valence electrons. The minimum Gasteiger partial charge on any atom is -0.465 e. The highest BCUT2D eigenvalue weighted by Gasteiger charge is 2.49. The molecule has 0 radical (unpaired) electrons. The van der Waals surface area contributed by atoms with Gasteiger partial charge in [-0.05, 0) is 55.9 Å². The molecular formula is C28H45ClN4O5Si. The van der Waals surface area contributed by atoms with Crippen LogP contribution in [0.15, 0.2) is 12.1 Å². The molecule has 0 unspecified atom stereocenters. The number of carbonyl (C=O) groups excluding carboxylic acids is 1. The van der Waals surface area contributed by atoms with Crippen molar-refractivity contribution < 1.29 is 23.9 Å². The summed E-state index contributed by atoms with van der Waals surface area (Å²) in [7, 11) is -0.768. The molecule has 2 N–H and O–H groups in total. The van der Waals surface area contributed by atoms with E-state index in [4.69, 9.17) is 20.8 Å². The molecule has 39 heavy (non-hydrogen) atoms. The fraction of sp³-hybridized carbons (Fsp3) is 0.679. The van der Waals surface area contributed by atoms with Crippen LogP contribution in [-0.2, 0) is 9.16 Å². The Morgan fingerprint density at radius 1 is 1.18 bits per heavy atom. The van der Waals surface area contributed by atoms with E-state index in [9.17, 15) is 20.0 Å². The quantitative estimate of drug-likeness (QED) is 0.310. The topological polar surface area (TPSA) is 115 Å². The standard InChI is InChI=1S/C28H45ClN4O5Si/c1-17(2)39(18(3)4,19(5)6)38-24-16-33(12-11-22(24)32(10)27(35)36)23-14-20(15-30)13-21(25(23)29)31-26(34)37-28(7,8)9/h13-14,17-19,22,24H,11-12,16H2,1-10H3,(H,31,34)(H,35,36)/t22-,24-/m1/s1. The van der Waals surface area contributed by atoms with E-state index in [1.54, 1.807) is 33.9 Å². The molecule has 1 heterocycles. The van der Waals surface area contributed by atoms with Crippen molar-refractivity contribution >= 4 is 43.5 Å². The van der Waals surface area contributed by atoms with Gasteiger partial charge in [-0.15, -0.1) is 0 Å². The van der Waals surface area contributed by atoms with Gasteiger partial charge >= 0.3 is 12.2 Å². The van der Waals surface area contributed by atoms with Gasteiger partial charge in [-0.2, -0.15) is 5.26 Å². The van der Waals surface area contributed by atoms with Crippen molar-refractivity contribution in [3.8, 4) is 6.07 Å². The van der Waals surface area contributed by atoms with Crippen LogP contribution in [0.1, 0.15) is 74.3 Å². The van der Waals surface area contributed by atoms with E-state index < -0.39 is 32.2 Å². The zero-order valence-corrected chi connectivity index (χ0v) is 26.7. The first-order chi connectivity index (χ1) is 17.9. The van der Waals surface area contributed by atoms with Crippen molar-refractivity contribution in [1.82, 2.24) is 4.90 Å². The number of carbonyl (C=O) groups is 2. The van der Waals surface area contributed by atoms with Crippen molar-refractivity contribution in [2.24, 2.45) is 0 Å². The van der Waals surface area contributed by atoms with E-state index >= 15 is 0 Å². The summed E-state index contributed by atoms with van der Waals surface area (Å²) < 4.78 is 12.5. The Labute approximate surface area is 239 Å². The highest BCUT2D eigenvalue weighted by atomic mass is 35.5. The molecule has 2 atom stereocenters. The van der Waals surface area contributed by atoms with E-state index in [0.717, 1.165) is 0 Å². The van der Waals surface area contributed by atoms with Crippen LogP contribution < -0.4 is 10.2 Å². The number of piperidine rings is 1. The fourth-order valence-electron chi connectivity index (χ4n) is 5.90. The highest BCUT2D eigenvalue weighted by Crippen LogP contribution is 2.45. The summed E-state index contributed by atoms with van der Waals surface area (Å²) >= 11 is 6.81. The second-order valence-corrected chi connectivity index (χ2v) is 18.0. The number of benzene rings is 1. The molecule has 0 bridgehead atoms. The number of halogens is 1. The zero-order chi connectivity index (χ0) is 29.9. The van der Waals surface area contributed by atoms with Gasteiger partial charge in [0.05, 0.1) is 40.2 Å². The maximum atomic E-state index is 12.5. The number of anilines is 2. The number of hydrogen-bond donors (Lipinski definition) is 2. The van der Waals surface area contributed by atoms with Crippen molar-refractivity contribution in [2.75, 3.05) is 30.4 Å². The summed E-state index contributed by atoms with van der Waals surface area (Å²) in [5.74, 6) is 0. The number of hydrogen-bond acceptors (Lipinski definition) is 6.